The molecular formula is C26H37NO. The molecule has 1 N–H and O–H groups in total. The zero-order chi connectivity index (χ0) is 19.4. The van der Waals surface area contributed by atoms with Crippen molar-refractivity contribution in [3.05, 3.63) is 29.8 Å². The summed E-state index contributed by atoms with van der Waals surface area (Å²) < 4.78 is 0. The van der Waals surface area contributed by atoms with Crippen LogP contribution < -0.4 is 0 Å². The Bertz CT molecular complexity index is 757. The summed E-state index contributed by atoms with van der Waals surface area (Å²) in [5.74, 6) is 4.10. The van der Waals surface area contributed by atoms with Crippen molar-refractivity contribution in [1.82, 2.24) is 0 Å². The molecule has 4 saturated carbocycles. The molecule has 152 valence electrons. The molecule has 5 rings (SSSR count). The van der Waals surface area contributed by atoms with E-state index >= 15 is 0 Å². The fraction of sp³-hybridized carbons (Fsp3) is 0.731. The van der Waals surface area contributed by atoms with Crippen LogP contribution >= 0.6 is 0 Å². The first-order valence-corrected chi connectivity index (χ1v) is 11.8. The molecule has 4 aliphatic rings. The summed E-state index contributed by atoms with van der Waals surface area (Å²) in [6, 6.07) is 8.01. The van der Waals surface area contributed by atoms with Crippen molar-refractivity contribution in [2.45, 2.75) is 84.1 Å². The van der Waals surface area contributed by atoms with Crippen molar-refractivity contribution in [2.24, 2.45) is 39.5 Å². The van der Waals surface area contributed by atoms with Crippen LogP contribution in [0.25, 0.3) is 0 Å². The summed E-state index contributed by atoms with van der Waals surface area (Å²) in [4.78, 5) is 5.06. The smallest absolute Gasteiger partial charge is 0.124 e. The van der Waals surface area contributed by atoms with Gasteiger partial charge in [-0.15, -0.1) is 0 Å². The zero-order valence-corrected chi connectivity index (χ0v) is 17.7. The maximum absolute atomic E-state index is 10.1. The predicted octanol–water partition coefficient (Wildman–Crippen LogP) is 6.61. The monoisotopic (exact) mass is 379 g/mol. The topological polar surface area (TPSA) is 32.6 Å². The van der Waals surface area contributed by atoms with Crippen LogP contribution in [0.3, 0.4) is 0 Å². The molecule has 0 heterocycles. The Hall–Kier alpha value is -1.31. The summed E-state index contributed by atoms with van der Waals surface area (Å²) in [6.07, 6.45) is 16.2. The fourth-order valence-electron chi connectivity index (χ4n) is 8.28. The average molecular weight is 380 g/mol. The van der Waals surface area contributed by atoms with Gasteiger partial charge in [-0.3, -0.25) is 4.99 Å². The minimum Gasteiger partial charge on any atom is -0.507 e. The van der Waals surface area contributed by atoms with Crippen LogP contribution in [0.15, 0.2) is 29.3 Å². The van der Waals surface area contributed by atoms with Gasteiger partial charge in [0.1, 0.15) is 5.75 Å². The molecule has 0 spiro atoms. The Labute approximate surface area is 170 Å². The lowest BCUT2D eigenvalue weighted by Crippen LogP contribution is -2.53. The van der Waals surface area contributed by atoms with Gasteiger partial charge in [-0.05, 0) is 98.0 Å². The van der Waals surface area contributed by atoms with Gasteiger partial charge in [0.15, 0.2) is 0 Å². The highest BCUT2D eigenvalue weighted by atomic mass is 16.3. The quantitative estimate of drug-likeness (QED) is 0.576. The van der Waals surface area contributed by atoms with E-state index in [1.165, 1.54) is 64.2 Å². The third kappa shape index (κ3) is 2.77. The molecule has 0 amide bonds. The van der Waals surface area contributed by atoms with Gasteiger partial charge in [-0.2, -0.15) is 0 Å². The third-order valence-corrected chi connectivity index (χ3v) is 9.86. The second-order valence-corrected chi connectivity index (χ2v) is 10.9. The van der Waals surface area contributed by atoms with Crippen LogP contribution in [0.5, 0.6) is 5.75 Å². The van der Waals surface area contributed by atoms with E-state index in [0.29, 0.717) is 22.6 Å². The molecule has 0 radical (unpaired) electrons. The van der Waals surface area contributed by atoms with Gasteiger partial charge >= 0.3 is 0 Å². The third-order valence-electron chi connectivity index (χ3n) is 9.86. The van der Waals surface area contributed by atoms with Crippen LogP contribution in [0.2, 0.25) is 0 Å². The van der Waals surface area contributed by atoms with Crippen LogP contribution in [0, 0.1) is 34.5 Å². The van der Waals surface area contributed by atoms with Gasteiger partial charge < -0.3 is 5.11 Å². The maximum Gasteiger partial charge on any atom is 0.124 e. The van der Waals surface area contributed by atoms with Gasteiger partial charge in [0, 0.05) is 11.8 Å². The van der Waals surface area contributed by atoms with E-state index in [4.69, 9.17) is 4.99 Å². The second-order valence-electron chi connectivity index (χ2n) is 10.9. The number of nitrogens with zero attached hydrogens (tertiary/aromatic N) is 1. The van der Waals surface area contributed by atoms with Crippen LogP contribution in [-0.2, 0) is 0 Å². The Morgan fingerprint density at radius 1 is 0.893 bits per heavy atom. The molecule has 0 saturated heterocycles. The Kier molecular flexibility index (Phi) is 4.60. The van der Waals surface area contributed by atoms with Gasteiger partial charge in [0.25, 0.3) is 0 Å². The molecule has 0 aromatic heterocycles. The standard InChI is InChI=1S/C26H37NO/c1-25-15-6-5-8-19(25)10-11-20-21-12-13-24(26(21,2)16-14-22(20)25)27-17-18-7-3-4-9-23(18)28/h3-4,7,9,17,19-22,24,28H,5-6,8,10-16H2,1-2H3/t19?,20-,21-,22-,24?,25-,26-/m0/s1. The van der Waals surface area contributed by atoms with Crippen molar-refractivity contribution in [2.75, 3.05) is 0 Å². The maximum atomic E-state index is 10.1. The zero-order valence-electron chi connectivity index (χ0n) is 17.7. The van der Waals surface area contributed by atoms with Crippen molar-refractivity contribution < 1.29 is 5.11 Å². The molecule has 0 bridgehead atoms. The summed E-state index contributed by atoms with van der Waals surface area (Å²) in [5.41, 5.74) is 1.85. The molecular weight excluding hydrogens is 342 g/mol. The van der Waals surface area contributed by atoms with Crippen molar-refractivity contribution in [3.63, 3.8) is 0 Å². The molecule has 2 unspecified atom stereocenters. The average Bonchev–Trinajstić information content (AvgIpc) is 3.03. The molecule has 4 fully saturated rings. The van der Waals surface area contributed by atoms with Crippen molar-refractivity contribution in [1.29, 1.82) is 0 Å². The normalized spacial score (nSPS) is 45.4. The lowest BCUT2D eigenvalue weighted by atomic mass is 9.45. The minimum absolute atomic E-state index is 0.346. The molecule has 1 aromatic carbocycles. The summed E-state index contributed by atoms with van der Waals surface area (Å²) in [5, 5.41) is 10.1. The fourth-order valence-corrected chi connectivity index (χ4v) is 8.28. The van der Waals surface area contributed by atoms with Crippen LogP contribution in [0.4, 0.5) is 0 Å². The number of fused-ring (bicyclic) bond motifs is 5. The van der Waals surface area contributed by atoms with Gasteiger partial charge in [0.05, 0.1) is 6.04 Å². The van der Waals surface area contributed by atoms with Crippen LogP contribution in [-0.4, -0.2) is 17.4 Å². The lowest BCUT2D eigenvalue weighted by molar-refractivity contribution is -0.105. The SMILES string of the molecule is C[C@]12CCCCC1CC[C@@H]1[C@@H]2CC[C@]2(C)C(N=Cc3ccccc3O)CC[C@@H]12. The summed E-state index contributed by atoms with van der Waals surface area (Å²) >= 11 is 0. The first-order valence-electron chi connectivity index (χ1n) is 11.8. The second kappa shape index (κ2) is 6.89. The highest BCUT2D eigenvalue weighted by Crippen LogP contribution is 2.66. The van der Waals surface area contributed by atoms with Gasteiger partial charge in [-0.25, -0.2) is 0 Å². The van der Waals surface area contributed by atoms with E-state index in [1.807, 2.05) is 24.4 Å². The highest BCUT2D eigenvalue weighted by Gasteiger charge is 2.59. The summed E-state index contributed by atoms with van der Waals surface area (Å²) in [6.45, 7) is 5.21. The van der Waals surface area contributed by atoms with E-state index in [9.17, 15) is 5.11 Å². The Morgan fingerprint density at radius 3 is 2.57 bits per heavy atom. The van der Waals surface area contributed by atoms with Crippen molar-refractivity contribution >= 4 is 6.21 Å². The van der Waals surface area contributed by atoms with Gasteiger partial charge in [-0.1, -0.05) is 38.8 Å². The molecule has 2 nitrogen and oxygen atoms in total. The van der Waals surface area contributed by atoms with E-state index in [1.54, 1.807) is 6.07 Å². The molecule has 2 heteroatoms. The van der Waals surface area contributed by atoms with E-state index < -0.39 is 0 Å². The molecule has 28 heavy (non-hydrogen) atoms. The van der Waals surface area contributed by atoms with E-state index in [0.717, 1.165) is 29.2 Å². The summed E-state index contributed by atoms with van der Waals surface area (Å²) in [7, 11) is 0. The molecule has 4 aliphatic carbocycles. The number of phenolic OH excluding ortho intramolecular Hbond substituents is 1. The number of para-hydroxylation sites is 1. The number of benzene rings is 1. The minimum atomic E-state index is 0.346. The van der Waals surface area contributed by atoms with E-state index in [-0.39, 0.29) is 0 Å². The number of hydrogen-bond donors (Lipinski definition) is 1. The van der Waals surface area contributed by atoms with E-state index in [2.05, 4.69) is 13.8 Å². The largest absolute Gasteiger partial charge is 0.507 e. The Morgan fingerprint density at radius 2 is 1.71 bits per heavy atom. The molecule has 1 aromatic rings. The first-order chi connectivity index (χ1) is 13.5. The number of phenols is 1. The lowest BCUT2D eigenvalue weighted by Gasteiger charge is -2.60. The molecule has 0 aliphatic heterocycles. The molecule has 7 atom stereocenters. The Balaban J connectivity index is 1.37. The highest BCUT2D eigenvalue weighted by molar-refractivity contribution is 5.83. The predicted molar refractivity (Wildman–Crippen MR) is 116 cm³/mol. The van der Waals surface area contributed by atoms with Gasteiger partial charge in [0.2, 0.25) is 0 Å². The number of hydrogen-bond acceptors (Lipinski definition) is 2. The number of rotatable bonds is 2. The first kappa shape index (κ1) is 18.7. The van der Waals surface area contributed by atoms with Crippen LogP contribution in [0.1, 0.15) is 83.6 Å². The number of aromatic hydroxyl groups is 1. The van der Waals surface area contributed by atoms with Crippen molar-refractivity contribution in [3.8, 4) is 5.75 Å². The number of aliphatic imine (C=N–C) groups is 1.